The Bertz CT molecular complexity index is 1120. The van der Waals surface area contributed by atoms with Crippen molar-refractivity contribution in [1.29, 1.82) is 0 Å². The Morgan fingerprint density at radius 1 is 1.08 bits per heavy atom. The van der Waals surface area contributed by atoms with E-state index in [1.54, 1.807) is 17.1 Å². The number of β-amino-alcohol motifs (C(OH)–C–C–N with tert-alkyl or cyclic N) is 1. The Hall–Kier alpha value is -3.33. The third-order valence-corrected chi connectivity index (χ3v) is 6.58. The predicted molar refractivity (Wildman–Crippen MR) is 136 cm³/mol. The zero-order chi connectivity index (χ0) is 24.7. The van der Waals surface area contributed by atoms with Crippen molar-refractivity contribution in [3.63, 3.8) is 0 Å². The second-order valence-corrected chi connectivity index (χ2v) is 9.08. The van der Waals surface area contributed by atoms with Gasteiger partial charge in [-0.25, -0.2) is 0 Å². The summed E-state index contributed by atoms with van der Waals surface area (Å²) >= 11 is 0. The maximum atomic E-state index is 12.4. The molecule has 1 N–H and O–H groups in total. The van der Waals surface area contributed by atoms with Crippen LogP contribution in [0.5, 0.6) is 17.2 Å². The molecule has 0 aliphatic carbocycles. The third-order valence-electron chi connectivity index (χ3n) is 6.58. The van der Waals surface area contributed by atoms with Gasteiger partial charge >= 0.3 is 0 Å². The zero-order valence-corrected chi connectivity index (χ0v) is 20.3. The van der Waals surface area contributed by atoms with Crippen molar-refractivity contribution >= 4 is 17.6 Å². The van der Waals surface area contributed by atoms with Crippen LogP contribution in [0.3, 0.4) is 0 Å². The van der Waals surface area contributed by atoms with E-state index in [4.69, 9.17) is 18.9 Å². The smallest absolute Gasteiger partial charge is 0.246 e. The van der Waals surface area contributed by atoms with Gasteiger partial charge in [-0.3, -0.25) is 9.69 Å². The number of nitrogens with zero attached hydrogens (tertiary/aromatic N) is 2. The molecule has 8 nitrogen and oxygen atoms in total. The van der Waals surface area contributed by atoms with E-state index < -0.39 is 6.10 Å². The molecule has 0 aromatic heterocycles. The summed E-state index contributed by atoms with van der Waals surface area (Å²) in [6.45, 7) is 4.97. The van der Waals surface area contributed by atoms with Gasteiger partial charge in [-0.1, -0.05) is 30.3 Å². The van der Waals surface area contributed by atoms with Crippen LogP contribution in [0.4, 0.5) is 0 Å². The van der Waals surface area contributed by atoms with E-state index in [0.29, 0.717) is 38.6 Å². The molecule has 3 aliphatic heterocycles. The molecule has 190 valence electrons. The van der Waals surface area contributed by atoms with E-state index in [0.717, 1.165) is 42.1 Å². The first-order chi connectivity index (χ1) is 17.7. The Balaban J connectivity index is 1.11. The number of aliphatic hydroxyl groups is 1. The molecule has 3 heterocycles. The maximum Gasteiger partial charge on any atom is 0.246 e. The fourth-order valence-corrected chi connectivity index (χ4v) is 4.57. The minimum Gasteiger partial charge on any atom is -0.490 e. The summed E-state index contributed by atoms with van der Waals surface area (Å²) in [5.74, 6) is 2.20. The second-order valence-electron chi connectivity index (χ2n) is 9.08. The normalized spacial score (nSPS) is 18.8. The largest absolute Gasteiger partial charge is 0.490 e. The van der Waals surface area contributed by atoms with Gasteiger partial charge in [0.1, 0.15) is 18.5 Å². The number of para-hydroxylation sites is 1. The molecule has 8 heteroatoms. The molecule has 0 radical (unpaired) electrons. The van der Waals surface area contributed by atoms with E-state index >= 15 is 0 Å². The summed E-state index contributed by atoms with van der Waals surface area (Å²) in [4.78, 5) is 16.4. The molecule has 36 heavy (non-hydrogen) atoms. The van der Waals surface area contributed by atoms with Gasteiger partial charge < -0.3 is 29.0 Å². The maximum absolute atomic E-state index is 12.4. The van der Waals surface area contributed by atoms with Crippen LogP contribution in [-0.2, 0) is 9.53 Å². The molecule has 1 fully saturated rings. The van der Waals surface area contributed by atoms with Crippen LogP contribution < -0.4 is 14.2 Å². The Morgan fingerprint density at radius 2 is 1.92 bits per heavy atom. The number of fused-ring (bicyclic) bond motifs is 1. The molecular formula is C28H32N2O6. The first-order valence-corrected chi connectivity index (χ1v) is 12.4. The van der Waals surface area contributed by atoms with Crippen LogP contribution in [0.1, 0.15) is 17.5 Å². The Kier molecular flexibility index (Phi) is 7.85. The molecule has 0 saturated carbocycles. The lowest BCUT2D eigenvalue weighted by atomic mass is 9.99. The summed E-state index contributed by atoms with van der Waals surface area (Å²) in [5, 5.41) is 10.6. The van der Waals surface area contributed by atoms with Gasteiger partial charge in [0.05, 0.1) is 13.2 Å². The van der Waals surface area contributed by atoms with Gasteiger partial charge in [0, 0.05) is 44.4 Å². The number of ether oxygens (including phenoxy) is 4. The van der Waals surface area contributed by atoms with Crippen LogP contribution in [-0.4, -0.2) is 86.3 Å². The molecule has 0 bridgehead atoms. The summed E-state index contributed by atoms with van der Waals surface area (Å²) in [6, 6.07) is 13.6. The fourth-order valence-electron chi connectivity index (χ4n) is 4.57. The van der Waals surface area contributed by atoms with E-state index in [-0.39, 0.29) is 19.3 Å². The fraction of sp³-hybridized carbons (Fsp3) is 0.393. The van der Waals surface area contributed by atoms with Gasteiger partial charge in [-0.05, 0) is 41.8 Å². The first-order valence-electron chi connectivity index (χ1n) is 12.4. The number of amides is 1. The average Bonchev–Trinajstić information content (AvgIpc) is 3.40. The van der Waals surface area contributed by atoms with Crippen molar-refractivity contribution in [2.24, 2.45) is 0 Å². The van der Waals surface area contributed by atoms with Crippen LogP contribution in [0, 0.1) is 0 Å². The second kappa shape index (κ2) is 11.6. The molecule has 3 aliphatic rings. The predicted octanol–water partition coefficient (Wildman–Crippen LogP) is 2.82. The molecule has 5 rings (SSSR count). The van der Waals surface area contributed by atoms with Crippen LogP contribution in [0.2, 0.25) is 0 Å². The van der Waals surface area contributed by atoms with Crippen molar-refractivity contribution in [1.82, 2.24) is 9.80 Å². The van der Waals surface area contributed by atoms with E-state index in [9.17, 15) is 9.90 Å². The molecule has 1 saturated heterocycles. The van der Waals surface area contributed by atoms with Crippen molar-refractivity contribution in [3.8, 4) is 17.2 Å². The van der Waals surface area contributed by atoms with E-state index in [1.807, 2.05) is 36.4 Å². The molecule has 1 atom stereocenters. The molecule has 2 aromatic rings. The standard InChI is InChI=1S/C28H32N2O6/c31-24(18-29-11-9-21(10-12-29)23-5-7-26-27(17-23)36-20-35-26)19-34-25-4-2-1-3-22(25)6-8-28(32)30-13-15-33-16-14-30/h1-9,17,24,31H,10-16,18-20H2. The van der Waals surface area contributed by atoms with Gasteiger partial charge in [-0.15, -0.1) is 0 Å². The van der Waals surface area contributed by atoms with E-state index in [1.165, 1.54) is 5.57 Å². The number of aliphatic hydroxyl groups excluding tert-OH is 1. The highest BCUT2D eigenvalue weighted by molar-refractivity contribution is 5.92. The Morgan fingerprint density at radius 3 is 2.75 bits per heavy atom. The highest BCUT2D eigenvalue weighted by atomic mass is 16.7. The lowest BCUT2D eigenvalue weighted by Gasteiger charge is -2.28. The number of benzene rings is 2. The van der Waals surface area contributed by atoms with Crippen LogP contribution in [0.25, 0.3) is 11.6 Å². The van der Waals surface area contributed by atoms with Gasteiger partial charge in [0.15, 0.2) is 11.5 Å². The monoisotopic (exact) mass is 492 g/mol. The molecule has 2 aromatic carbocycles. The average molecular weight is 493 g/mol. The number of morpholine rings is 1. The summed E-state index contributed by atoms with van der Waals surface area (Å²) in [7, 11) is 0. The lowest BCUT2D eigenvalue weighted by Crippen LogP contribution is -2.39. The summed E-state index contributed by atoms with van der Waals surface area (Å²) < 4.78 is 22.1. The Labute approximate surface area is 211 Å². The van der Waals surface area contributed by atoms with Crippen molar-refractivity contribution in [2.75, 3.05) is 59.3 Å². The highest BCUT2D eigenvalue weighted by Crippen LogP contribution is 2.35. The van der Waals surface area contributed by atoms with Gasteiger partial charge in [0.2, 0.25) is 12.7 Å². The zero-order valence-electron chi connectivity index (χ0n) is 20.3. The minimum atomic E-state index is -0.627. The number of carbonyl (C=O) groups excluding carboxylic acids is 1. The number of hydrogen-bond acceptors (Lipinski definition) is 7. The summed E-state index contributed by atoms with van der Waals surface area (Å²) in [5.41, 5.74) is 3.24. The van der Waals surface area contributed by atoms with Crippen molar-refractivity contribution in [2.45, 2.75) is 12.5 Å². The number of hydrogen-bond donors (Lipinski definition) is 1. The van der Waals surface area contributed by atoms with Crippen molar-refractivity contribution in [3.05, 3.63) is 65.7 Å². The summed E-state index contributed by atoms with van der Waals surface area (Å²) in [6.07, 6.45) is 5.82. The van der Waals surface area contributed by atoms with Crippen LogP contribution in [0.15, 0.2) is 54.6 Å². The SMILES string of the molecule is O=C(C=Cc1ccccc1OCC(O)CN1CC=C(c2ccc3c(c2)OCO3)CC1)N1CCOCC1. The molecule has 0 spiro atoms. The highest BCUT2D eigenvalue weighted by Gasteiger charge is 2.20. The minimum absolute atomic E-state index is 0.0357. The van der Waals surface area contributed by atoms with Crippen molar-refractivity contribution < 1.29 is 28.8 Å². The quantitative estimate of drug-likeness (QED) is 0.568. The van der Waals surface area contributed by atoms with Crippen LogP contribution >= 0.6 is 0 Å². The number of carbonyl (C=O) groups is 1. The van der Waals surface area contributed by atoms with Gasteiger partial charge in [0.25, 0.3) is 0 Å². The van der Waals surface area contributed by atoms with Gasteiger partial charge in [-0.2, -0.15) is 0 Å². The number of rotatable bonds is 8. The first kappa shape index (κ1) is 24.4. The van der Waals surface area contributed by atoms with E-state index in [2.05, 4.69) is 17.0 Å². The molecular weight excluding hydrogens is 460 g/mol. The molecule has 1 amide bonds. The lowest BCUT2D eigenvalue weighted by molar-refractivity contribution is -0.129. The molecule has 1 unspecified atom stereocenters. The topological polar surface area (TPSA) is 80.7 Å². The third kappa shape index (κ3) is 6.07.